The van der Waals surface area contributed by atoms with Crippen molar-refractivity contribution in [2.24, 2.45) is 0 Å². The van der Waals surface area contributed by atoms with E-state index in [-0.39, 0.29) is 0 Å². The standard InChI is InChI=1S/C28H27F3O3S/c1-4-27(3,26(32)33)35-25-15-13-24(14-16-25)34-18-17-19(2)20-5-7-21(8-6-20)22-9-11-23(12-10-22)28(29,30)31/h5-17H,4,18H2,1-3H3,(H,32,33)/b19-17+/t27-/m0/s1. The van der Waals surface area contributed by atoms with Gasteiger partial charge in [-0.25, -0.2) is 0 Å². The minimum atomic E-state index is -4.34. The third-order valence-corrected chi connectivity index (χ3v) is 7.24. The van der Waals surface area contributed by atoms with Crippen LogP contribution in [0, 0.1) is 0 Å². The summed E-state index contributed by atoms with van der Waals surface area (Å²) >= 11 is 1.32. The van der Waals surface area contributed by atoms with Crippen LogP contribution in [0.3, 0.4) is 0 Å². The molecule has 184 valence electrons. The summed E-state index contributed by atoms with van der Waals surface area (Å²) in [6.45, 7) is 5.90. The fraction of sp³-hybridized carbons (Fsp3) is 0.250. The third-order valence-electron chi connectivity index (χ3n) is 5.82. The second kappa shape index (κ2) is 11.0. The Bertz CT molecular complexity index is 1170. The van der Waals surface area contributed by atoms with Gasteiger partial charge in [0, 0.05) is 4.90 Å². The van der Waals surface area contributed by atoms with Crippen LogP contribution in [-0.2, 0) is 11.0 Å². The number of thioether (sulfide) groups is 1. The van der Waals surface area contributed by atoms with E-state index < -0.39 is 22.5 Å². The van der Waals surface area contributed by atoms with Crippen molar-refractivity contribution in [2.75, 3.05) is 6.61 Å². The zero-order valence-electron chi connectivity index (χ0n) is 19.7. The highest BCUT2D eigenvalue weighted by Crippen LogP contribution is 2.36. The molecule has 35 heavy (non-hydrogen) atoms. The number of rotatable bonds is 9. The molecule has 0 aliphatic heterocycles. The SMILES string of the molecule is CC[C@](C)(Sc1ccc(OC/C=C(\C)c2ccc(-c3ccc(C(F)(F)F)cc3)cc2)cc1)C(=O)O. The van der Waals surface area contributed by atoms with Crippen molar-refractivity contribution in [3.63, 3.8) is 0 Å². The van der Waals surface area contributed by atoms with Crippen molar-refractivity contribution in [3.8, 4) is 16.9 Å². The number of carboxylic acid groups (broad SMARTS) is 1. The summed E-state index contributed by atoms with van der Waals surface area (Å²) in [7, 11) is 0. The fourth-order valence-corrected chi connectivity index (χ4v) is 4.31. The molecule has 7 heteroatoms. The number of aliphatic carboxylic acids is 1. The predicted octanol–water partition coefficient (Wildman–Crippen LogP) is 8.20. The molecule has 3 aromatic carbocycles. The number of allylic oxidation sites excluding steroid dienone is 1. The van der Waals surface area contributed by atoms with E-state index in [0.29, 0.717) is 18.8 Å². The molecule has 0 aromatic heterocycles. The number of halogens is 3. The van der Waals surface area contributed by atoms with E-state index >= 15 is 0 Å². The largest absolute Gasteiger partial charge is 0.490 e. The highest BCUT2D eigenvalue weighted by atomic mass is 32.2. The maximum absolute atomic E-state index is 12.8. The second-order valence-electron chi connectivity index (χ2n) is 8.31. The molecular formula is C28H27F3O3S. The monoisotopic (exact) mass is 500 g/mol. The van der Waals surface area contributed by atoms with Crippen molar-refractivity contribution in [1.29, 1.82) is 0 Å². The molecule has 0 unspecified atom stereocenters. The van der Waals surface area contributed by atoms with Gasteiger partial charge in [-0.1, -0.05) is 43.3 Å². The van der Waals surface area contributed by atoms with Crippen molar-refractivity contribution in [2.45, 2.75) is 43.0 Å². The molecule has 3 rings (SSSR count). The first-order valence-electron chi connectivity index (χ1n) is 11.1. The van der Waals surface area contributed by atoms with Crippen molar-refractivity contribution >= 4 is 23.3 Å². The molecule has 0 heterocycles. The Hall–Kier alpha value is -3.19. The van der Waals surface area contributed by atoms with Gasteiger partial charge in [-0.15, -0.1) is 11.8 Å². The van der Waals surface area contributed by atoms with E-state index in [1.807, 2.05) is 68.5 Å². The minimum absolute atomic E-state index is 0.362. The molecule has 0 amide bonds. The Balaban J connectivity index is 1.58. The number of hydrogen-bond donors (Lipinski definition) is 1. The highest BCUT2D eigenvalue weighted by molar-refractivity contribution is 8.01. The zero-order valence-corrected chi connectivity index (χ0v) is 20.5. The number of hydrogen-bond acceptors (Lipinski definition) is 3. The van der Waals surface area contributed by atoms with Crippen LogP contribution < -0.4 is 4.74 Å². The number of ether oxygens (including phenoxy) is 1. The Morgan fingerprint density at radius 3 is 1.97 bits per heavy atom. The summed E-state index contributed by atoms with van der Waals surface area (Å²) in [5, 5.41) is 9.43. The summed E-state index contributed by atoms with van der Waals surface area (Å²) in [6, 6.07) is 20.1. The first-order chi connectivity index (χ1) is 16.5. The smallest absolute Gasteiger partial charge is 0.416 e. The Morgan fingerprint density at radius 1 is 0.943 bits per heavy atom. The van der Waals surface area contributed by atoms with Gasteiger partial charge >= 0.3 is 12.1 Å². The zero-order chi connectivity index (χ0) is 25.6. The molecular weight excluding hydrogens is 473 g/mol. The van der Waals surface area contributed by atoms with Gasteiger partial charge in [-0.05, 0) is 85.0 Å². The van der Waals surface area contributed by atoms with Gasteiger partial charge in [0.2, 0.25) is 0 Å². The Kier molecular flexibility index (Phi) is 8.33. The van der Waals surface area contributed by atoms with Gasteiger partial charge in [0.25, 0.3) is 0 Å². The molecule has 0 spiro atoms. The minimum Gasteiger partial charge on any atom is -0.490 e. The molecule has 1 N–H and O–H groups in total. The van der Waals surface area contributed by atoms with Crippen LogP contribution in [0.2, 0.25) is 0 Å². The van der Waals surface area contributed by atoms with Crippen molar-refractivity contribution in [3.05, 3.63) is 90.0 Å². The molecule has 0 fully saturated rings. The van der Waals surface area contributed by atoms with E-state index in [1.165, 1.54) is 23.9 Å². The lowest BCUT2D eigenvalue weighted by atomic mass is 10.00. The molecule has 0 bridgehead atoms. The quantitative estimate of drug-likeness (QED) is 0.301. The molecule has 3 aromatic rings. The average molecular weight is 501 g/mol. The van der Waals surface area contributed by atoms with Gasteiger partial charge in [0.05, 0.1) is 5.56 Å². The van der Waals surface area contributed by atoms with Crippen LogP contribution >= 0.6 is 11.8 Å². The number of alkyl halides is 3. The molecule has 1 atom stereocenters. The fourth-order valence-electron chi connectivity index (χ4n) is 3.29. The molecule has 0 saturated heterocycles. The molecule has 0 aliphatic carbocycles. The lowest BCUT2D eigenvalue weighted by Gasteiger charge is -2.22. The first kappa shape index (κ1) is 26.4. The van der Waals surface area contributed by atoms with Crippen LogP contribution in [0.25, 0.3) is 16.7 Å². The summed E-state index contributed by atoms with van der Waals surface area (Å²) < 4.78 is 43.2. The van der Waals surface area contributed by atoms with Crippen LogP contribution in [0.5, 0.6) is 5.75 Å². The molecule has 0 aliphatic rings. The van der Waals surface area contributed by atoms with E-state index in [4.69, 9.17) is 4.74 Å². The average Bonchev–Trinajstić information content (AvgIpc) is 2.84. The van der Waals surface area contributed by atoms with Crippen molar-refractivity contribution in [1.82, 2.24) is 0 Å². The van der Waals surface area contributed by atoms with Gasteiger partial charge < -0.3 is 9.84 Å². The van der Waals surface area contributed by atoms with Crippen LogP contribution in [0.4, 0.5) is 13.2 Å². The Morgan fingerprint density at radius 2 is 1.49 bits per heavy atom. The summed E-state index contributed by atoms with van der Waals surface area (Å²) in [4.78, 5) is 12.4. The van der Waals surface area contributed by atoms with Gasteiger partial charge in [0.15, 0.2) is 0 Å². The van der Waals surface area contributed by atoms with E-state index in [1.54, 1.807) is 6.92 Å². The van der Waals surface area contributed by atoms with Crippen molar-refractivity contribution < 1.29 is 27.8 Å². The van der Waals surface area contributed by atoms with E-state index in [0.717, 1.165) is 39.3 Å². The third kappa shape index (κ3) is 6.92. The van der Waals surface area contributed by atoms with Gasteiger partial charge in [-0.2, -0.15) is 13.2 Å². The lowest BCUT2D eigenvalue weighted by Crippen LogP contribution is -2.30. The lowest BCUT2D eigenvalue weighted by molar-refractivity contribution is -0.139. The summed E-state index contributed by atoms with van der Waals surface area (Å²) in [5.74, 6) is -0.150. The van der Waals surface area contributed by atoms with Gasteiger partial charge in [0.1, 0.15) is 17.1 Å². The second-order valence-corrected chi connectivity index (χ2v) is 9.89. The predicted molar refractivity (Wildman–Crippen MR) is 135 cm³/mol. The molecule has 3 nitrogen and oxygen atoms in total. The normalized spacial score (nSPS) is 13.8. The van der Waals surface area contributed by atoms with Crippen LogP contribution in [0.15, 0.2) is 83.8 Å². The van der Waals surface area contributed by atoms with Crippen LogP contribution in [-0.4, -0.2) is 22.4 Å². The topological polar surface area (TPSA) is 46.5 Å². The molecule has 0 radical (unpaired) electrons. The molecule has 0 saturated carbocycles. The highest BCUT2D eigenvalue weighted by Gasteiger charge is 2.32. The summed E-state index contributed by atoms with van der Waals surface area (Å²) in [5.41, 5.74) is 2.90. The maximum atomic E-state index is 12.8. The van der Waals surface area contributed by atoms with Crippen LogP contribution in [0.1, 0.15) is 38.3 Å². The van der Waals surface area contributed by atoms with E-state index in [2.05, 4.69) is 0 Å². The maximum Gasteiger partial charge on any atom is 0.416 e. The number of benzene rings is 3. The van der Waals surface area contributed by atoms with Gasteiger partial charge in [-0.3, -0.25) is 4.79 Å². The number of carboxylic acids is 1. The number of carbonyl (C=O) groups is 1. The van der Waals surface area contributed by atoms with E-state index in [9.17, 15) is 23.1 Å². The first-order valence-corrected chi connectivity index (χ1v) is 11.9. The summed E-state index contributed by atoms with van der Waals surface area (Å²) in [6.07, 6.45) is -1.88. The Labute approximate surface area is 207 Å².